The molecule has 0 unspecified atom stereocenters. The molecule has 0 aliphatic rings. The van der Waals surface area contributed by atoms with Crippen LogP contribution in [0.3, 0.4) is 0 Å². The van der Waals surface area contributed by atoms with E-state index in [1.165, 1.54) is 5.56 Å². The predicted molar refractivity (Wildman–Crippen MR) is 148 cm³/mol. The van der Waals surface area contributed by atoms with E-state index in [9.17, 15) is 9.59 Å². The Morgan fingerprint density at radius 2 is 1.43 bits per heavy atom. The fourth-order valence-corrected chi connectivity index (χ4v) is 3.84. The lowest BCUT2D eigenvalue weighted by Gasteiger charge is -2.13. The van der Waals surface area contributed by atoms with Crippen LogP contribution in [0.5, 0.6) is 5.75 Å². The van der Waals surface area contributed by atoms with Crippen LogP contribution in [0.4, 0.5) is 11.4 Å². The second-order valence-corrected chi connectivity index (χ2v) is 8.58. The van der Waals surface area contributed by atoms with Gasteiger partial charge < -0.3 is 20.7 Å². The maximum atomic E-state index is 12.6. The molecule has 4 rings (SSSR count). The van der Waals surface area contributed by atoms with Gasteiger partial charge in [-0.2, -0.15) is 0 Å². The number of amides is 2. The van der Waals surface area contributed by atoms with Crippen LogP contribution in [-0.2, 0) is 17.8 Å². The Morgan fingerprint density at radius 1 is 0.730 bits per heavy atom. The summed E-state index contributed by atoms with van der Waals surface area (Å²) in [5.41, 5.74) is 4.10. The molecule has 4 aromatic rings. The van der Waals surface area contributed by atoms with Crippen LogP contribution < -0.4 is 20.7 Å². The summed E-state index contributed by atoms with van der Waals surface area (Å²) in [5.74, 6) is 0.289. The Labute approximate surface area is 217 Å². The maximum absolute atomic E-state index is 12.6. The van der Waals surface area contributed by atoms with Gasteiger partial charge in [0, 0.05) is 17.8 Å². The Balaban J connectivity index is 1.24. The van der Waals surface area contributed by atoms with Gasteiger partial charge in [-0.25, -0.2) is 0 Å². The molecule has 0 fully saturated rings. The first-order valence-corrected chi connectivity index (χ1v) is 12.4. The van der Waals surface area contributed by atoms with Gasteiger partial charge in [-0.05, 0) is 54.3 Å². The third kappa shape index (κ3) is 8.25. The highest BCUT2D eigenvalue weighted by molar-refractivity contribution is 5.98. The number of anilines is 2. The zero-order chi connectivity index (χ0) is 25.7. The van der Waals surface area contributed by atoms with Crippen molar-refractivity contribution in [3.8, 4) is 5.75 Å². The molecule has 6 nitrogen and oxygen atoms in total. The number of hydrogen-bond acceptors (Lipinski definition) is 4. The van der Waals surface area contributed by atoms with Gasteiger partial charge in [-0.3, -0.25) is 9.59 Å². The Kier molecular flexibility index (Phi) is 9.30. The van der Waals surface area contributed by atoms with E-state index in [0.29, 0.717) is 30.2 Å². The van der Waals surface area contributed by atoms with Gasteiger partial charge in [-0.1, -0.05) is 78.9 Å². The largest absolute Gasteiger partial charge is 0.491 e. The van der Waals surface area contributed by atoms with Crippen LogP contribution in [-0.4, -0.2) is 25.0 Å². The number of aryl methyl sites for hydroxylation is 1. The highest BCUT2D eigenvalue weighted by Crippen LogP contribution is 2.24. The summed E-state index contributed by atoms with van der Waals surface area (Å²) in [6.45, 7) is 1.08. The summed E-state index contributed by atoms with van der Waals surface area (Å²) in [6, 6.07) is 34.5. The molecule has 0 spiro atoms. The topological polar surface area (TPSA) is 79.5 Å². The van der Waals surface area contributed by atoms with Gasteiger partial charge in [0.2, 0.25) is 5.91 Å². The number of para-hydroxylation sites is 2. The number of hydrogen-bond donors (Lipinski definition) is 3. The summed E-state index contributed by atoms with van der Waals surface area (Å²) in [6.07, 6.45) is 1.84. The molecule has 0 heterocycles. The molecule has 0 atom stereocenters. The summed E-state index contributed by atoms with van der Waals surface area (Å²) in [4.78, 5) is 25.1. The minimum Gasteiger partial charge on any atom is -0.491 e. The Morgan fingerprint density at radius 3 is 2.22 bits per heavy atom. The van der Waals surface area contributed by atoms with E-state index in [1.807, 2.05) is 72.8 Å². The van der Waals surface area contributed by atoms with Crippen LogP contribution in [0.25, 0.3) is 0 Å². The summed E-state index contributed by atoms with van der Waals surface area (Å²) in [5, 5.41) is 8.90. The van der Waals surface area contributed by atoms with Gasteiger partial charge in [-0.15, -0.1) is 0 Å². The van der Waals surface area contributed by atoms with Gasteiger partial charge in [0.05, 0.1) is 18.8 Å². The molecule has 2 amide bonds. The summed E-state index contributed by atoms with van der Waals surface area (Å²) < 4.78 is 5.97. The number of nitrogens with one attached hydrogen (secondary N) is 3. The number of benzene rings is 4. The van der Waals surface area contributed by atoms with Crippen molar-refractivity contribution in [2.45, 2.75) is 19.4 Å². The van der Waals surface area contributed by atoms with Crippen LogP contribution in [0, 0.1) is 0 Å². The molecule has 0 saturated carbocycles. The van der Waals surface area contributed by atoms with E-state index in [1.54, 1.807) is 24.3 Å². The molecule has 6 heteroatoms. The minimum absolute atomic E-state index is 0.0643. The third-order valence-electron chi connectivity index (χ3n) is 5.74. The number of ether oxygens (including phenoxy) is 1. The molecule has 4 aromatic carbocycles. The normalized spacial score (nSPS) is 10.4. The molecule has 3 N–H and O–H groups in total. The van der Waals surface area contributed by atoms with Crippen LogP contribution >= 0.6 is 0 Å². The van der Waals surface area contributed by atoms with Crippen molar-refractivity contribution in [1.82, 2.24) is 5.32 Å². The van der Waals surface area contributed by atoms with E-state index in [2.05, 4.69) is 28.1 Å². The lowest BCUT2D eigenvalue weighted by Crippen LogP contribution is -2.24. The van der Waals surface area contributed by atoms with E-state index in [4.69, 9.17) is 4.74 Å². The molecule has 0 radical (unpaired) electrons. The zero-order valence-electron chi connectivity index (χ0n) is 20.7. The van der Waals surface area contributed by atoms with Gasteiger partial charge in [0.15, 0.2) is 0 Å². The molecule has 0 aliphatic heterocycles. The average Bonchev–Trinajstić information content (AvgIpc) is 2.94. The molecule has 0 aliphatic carbocycles. The summed E-state index contributed by atoms with van der Waals surface area (Å²) in [7, 11) is 0. The molecular formula is C31H31N3O3. The standard InChI is InChI=1S/C31H31N3O3/c35-30(34-27-17-9-16-26(21-27)31(36)33-22-25-13-5-2-6-14-25)23-32-28-18-7-8-19-29(28)37-20-10-15-24-11-3-1-4-12-24/h1-9,11-14,16-19,21,32H,10,15,20,22-23H2,(H,33,36)(H,34,35). The molecule has 0 saturated heterocycles. The third-order valence-corrected chi connectivity index (χ3v) is 5.74. The smallest absolute Gasteiger partial charge is 0.251 e. The quantitative estimate of drug-likeness (QED) is 0.222. The lowest BCUT2D eigenvalue weighted by molar-refractivity contribution is -0.114. The van der Waals surface area contributed by atoms with E-state index in [0.717, 1.165) is 24.1 Å². The lowest BCUT2D eigenvalue weighted by atomic mass is 10.1. The Hall–Kier alpha value is -4.58. The van der Waals surface area contributed by atoms with Gasteiger partial charge >= 0.3 is 0 Å². The summed E-state index contributed by atoms with van der Waals surface area (Å²) >= 11 is 0. The predicted octanol–water partition coefficient (Wildman–Crippen LogP) is 5.68. The monoisotopic (exact) mass is 493 g/mol. The van der Waals surface area contributed by atoms with Gasteiger partial charge in [0.1, 0.15) is 5.75 Å². The van der Waals surface area contributed by atoms with Crippen molar-refractivity contribution in [2.24, 2.45) is 0 Å². The highest BCUT2D eigenvalue weighted by Gasteiger charge is 2.09. The highest BCUT2D eigenvalue weighted by atomic mass is 16.5. The van der Waals surface area contributed by atoms with Crippen LogP contribution in [0.1, 0.15) is 27.9 Å². The van der Waals surface area contributed by atoms with Crippen LogP contribution in [0.2, 0.25) is 0 Å². The van der Waals surface area contributed by atoms with E-state index < -0.39 is 0 Å². The first-order valence-electron chi connectivity index (χ1n) is 12.4. The van der Waals surface area contributed by atoms with Crippen molar-refractivity contribution in [1.29, 1.82) is 0 Å². The molecule has 188 valence electrons. The van der Waals surface area contributed by atoms with Gasteiger partial charge in [0.25, 0.3) is 5.91 Å². The van der Waals surface area contributed by atoms with Crippen molar-refractivity contribution >= 4 is 23.2 Å². The first-order chi connectivity index (χ1) is 18.2. The SMILES string of the molecule is O=C(CNc1ccccc1OCCCc1ccccc1)Nc1cccc(C(=O)NCc2ccccc2)c1. The number of carbonyl (C=O) groups is 2. The Bertz CT molecular complexity index is 1290. The van der Waals surface area contributed by atoms with Crippen molar-refractivity contribution < 1.29 is 14.3 Å². The van der Waals surface area contributed by atoms with Crippen LogP contribution in [0.15, 0.2) is 109 Å². The van der Waals surface area contributed by atoms with Crippen molar-refractivity contribution in [2.75, 3.05) is 23.8 Å². The molecular weight excluding hydrogens is 462 g/mol. The number of rotatable bonds is 12. The second-order valence-electron chi connectivity index (χ2n) is 8.58. The molecule has 0 bridgehead atoms. The second kappa shape index (κ2) is 13.5. The average molecular weight is 494 g/mol. The van der Waals surface area contributed by atoms with E-state index in [-0.39, 0.29) is 18.4 Å². The zero-order valence-corrected chi connectivity index (χ0v) is 20.7. The first kappa shape index (κ1) is 25.5. The fourth-order valence-electron chi connectivity index (χ4n) is 3.84. The fraction of sp³-hybridized carbons (Fsp3) is 0.161. The number of carbonyl (C=O) groups excluding carboxylic acids is 2. The van der Waals surface area contributed by atoms with Crippen molar-refractivity contribution in [3.05, 3.63) is 126 Å². The van der Waals surface area contributed by atoms with Crippen molar-refractivity contribution in [3.63, 3.8) is 0 Å². The van der Waals surface area contributed by atoms with E-state index >= 15 is 0 Å². The molecule has 37 heavy (non-hydrogen) atoms. The maximum Gasteiger partial charge on any atom is 0.251 e. The molecule has 0 aromatic heterocycles. The minimum atomic E-state index is -0.222.